The molecule has 6 heteroatoms. The number of amides is 1. The predicted octanol–water partition coefficient (Wildman–Crippen LogP) is 1.87. The monoisotopic (exact) mass is 315 g/mol. The lowest BCUT2D eigenvalue weighted by molar-refractivity contribution is -0.139. The number of benzene rings is 1. The average Bonchev–Trinajstić information content (AvgIpc) is 3.02. The molecule has 0 radical (unpaired) electrons. The number of carbonyl (C=O) groups excluding carboxylic acids is 1. The number of rotatable bonds is 4. The van der Waals surface area contributed by atoms with E-state index >= 15 is 0 Å². The number of H-pyrrole nitrogens is 1. The summed E-state index contributed by atoms with van der Waals surface area (Å²) in [4.78, 5) is 22.1. The zero-order valence-electron chi connectivity index (χ0n) is 13.4. The highest BCUT2D eigenvalue weighted by Gasteiger charge is 2.30. The van der Waals surface area contributed by atoms with Gasteiger partial charge in [0, 0.05) is 18.4 Å². The van der Waals surface area contributed by atoms with Crippen molar-refractivity contribution in [1.29, 1.82) is 0 Å². The highest BCUT2D eigenvalue weighted by atomic mass is 16.5. The first kappa shape index (κ1) is 15.6. The number of morpholine rings is 1. The molecule has 1 aromatic heterocycles. The Morgan fingerprint density at radius 2 is 2.22 bits per heavy atom. The number of imidazole rings is 1. The number of nitrogens with zero attached hydrogens (tertiary/aromatic N) is 2. The number of aromatic nitrogens is 2. The molecule has 1 saturated heterocycles. The third-order valence-electron chi connectivity index (χ3n) is 4.00. The number of hydrogen-bond donors (Lipinski definition) is 1. The van der Waals surface area contributed by atoms with Crippen LogP contribution in [0.4, 0.5) is 0 Å². The second-order valence-electron chi connectivity index (χ2n) is 5.65. The van der Waals surface area contributed by atoms with Crippen LogP contribution in [0.15, 0.2) is 30.5 Å². The third kappa shape index (κ3) is 3.53. The molecule has 1 atom stereocenters. The van der Waals surface area contributed by atoms with Crippen LogP contribution in [0.1, 0.15) is 23.1 Å². The predicted molar refractivity (Wildman–Crippen MR) is 85.3 cm³/mol. The van der Waals surface area contributed by atoms with Gasteiger partial charge in [0.2, 0.25) is 5.91 Å². The van der Waals surface area contributed by atoms with Gasteiger partial charge in [0.05, 0.1) is 26.7 Å². The topological polar surface area (TPSA) is 67.4 Å². The number of aromatic amines is 1. The molecule has 2 heterocycles. The minimum absolute atomic E-state index is 0.0810. The summed E-state index contributed by atoms with van der Waals surface area (Å²) in [6.07, 6.45) is 2.14. The SMILES string of the molecule is COc1ccc(CC(=O)N2CCOC[C@@H]2c2ncc(C)[nH]2)cc1. The third-order valence-corrected chi connectivity index (χ3v) is 4.00. The van der Waals surface area contributed by atoms with Crippen molar-refractivity contribution in [3.63, 3.8) is 0 Å². The van der Waals surface area contributed by atoms with E-state index in [1.807, 2.05) is 36.1 Å². The smallest absolute Gasteiger partial charge is 0.227 e. The normalized spacial score (nSPS) is 18.0. The van der Waals surface area contributed by atoms with Gasteiger partial charge in [-0.2, -0.15) is 0 Å². The van der Waals surface area contributed by atoms with E-state index in [1.54, 1.807) is 13.3 Å². The van der Waals surface area contributed by atoms with Gasteiger partial charge in [0.1, 0.15) is 17.6 Å². The fourth-order valence-electron chi connectivity index (χ4n) is 2.75. The van der Waals surface area contributed by atoms with Gasteiger partial charge in [0.25, 0.3) is 0 Å². The number of carbonyl (C=O) groups is 1. The Morgan fingerprint density at radius 1 is 1.43 bits per heavy atom. The summed E-state index contributed by atoms with van der Waals surface area (Å²) in [5.41, 5.74) is 1.95. The van der Waals surface area contributed by atoms with E-state index in [-0.39, 0.29) is 11.9 Å². The minimum atomic E-state index is -0.150. The van der Waals surface area contributed by atoms with Crippen molar-refractivity contribution >= 4 is 5.91 Å². The Labute approximate surface area is 135 Å². The number of hydrogen-bond acceptors (Lipinski definition) is 4. The lowest BCUT2D eigenvalue weighted by Crippen LogP contribution is -2.44. The van der Waals surface area contributed by atoms with Crippen LogP contribution in [0.3, 0.4) is 0 Å². The molecule has 0 unspecified atom stereocenters. The van der Waals surface area contributed by atoms with Crippen LogP contribution in [0.5, 0.6) is 5.75 Å². The summed E-state index contributed by atoms with van der Waals surface area (Å²) in [7, 11) is 1.63. The summed E-state index contributed by atoms with van der Waals surface area (Å²) in [6, 6.07) is 7.43. The van der Waals surface area contributed by atoms with E-state index in [9.17, 15) is 4.79 Å². The van der Waals surface area contributed by atoms with E-state index in [4.69, 9.17) is 9.47 Å². The quantitative estimate of drug-likeness (QED) is 0.935. The van der Waals surface area contributed by atoms with Gasteiger partial charge < -0.3 is 19.4 Å². The standard InChI is InChI=1S/C17H21N3O3/c1-12-10-18-17(19-12)15-11-23-8-7-20(15)16(21)9-13-3-5-14(22-2)6-4-13/h3-6,10,15H,7-9,11H2,1-2H3,(H,18,19)/t15-/m1/s1. The molecule has 1 aliphatic heterocycles. The lowest BCUT2D eigenvalue weighted by Gasteiger charge is -2.34. The van der Waals surface area contributed by atoms with Crippen LogP contribution in [-0.2, 0) is 16.0 Å². The first-order valence-corrected chi connectivity index (χ1v) is 7.69. The minimum Gasteiger partial charge on any atom is -0.497 e. The van der Waals surface area contributed by atoms with E-state index in [2.05, 4.69) is 9.97 Å². The van der Waals surface area contributed by atoms with Gasteiger partial charge in [-0.05, 0) is 24.6 Å². The second kappa shape index (κ2) is 6.83. The molecule has 1 N–H and O–H groups in total. The Balaban J connectivity index is 1.73. The van der Waals surface area contributed by atoms with Crippen molar-refractivity contribution in [2.45, 2.75) is 19.4 Å². The van der Waals surface area contributed by atoms with Crippen molar-refractivity contribution in [2.24, 2.45) is 0 Å². The summed E-state index contributed by atoms with van der Waals surface area (Å²) >= 11 is 0. The fraction of sp³-hybridized carbons (Fsp3) is 0.412. The van der Waals surface area contributed by atoms with Gasteiger partial charge in [-0.15, -0.1) is 0 Å². The van der Waals surface area contributed by atoms with Crippen LogP contribution >= 0.6 is 0 Å². The zero-order valence-corrected chi connectivity index (χ0v) is 13.4. The van der Waals surface area contributed by atoms with E-state index in [1.165, 1.54) is 0 Å². The van der Waals surface area contributed by atoms with Crippen molar-refractivity contribution in [1.82, 2.24) is 14.9 Å². The van der Waals surface area contributed by atoms with Crippen molar-refractivity contribution in [2.75, 3.05) is 26.9 Å². The largest absolute Gasteiger partial charge is 0.497 e. The number of methoxy groups -OCH3 is 1. The fourth-order valence-corrected chi connectivity index (χ4v) is 2.75. The van der Waals surface area contributed by atoms with E-state index in [0.717, 1.165) is 22.8 Å². The number of aryl methyl sites for hydroxylation is 1. The summed E-state index contributed by atoms with van der Waals surface area (Å²) in [5, 5.41) is 0. The molecule has 0 bridgehead atoms. The van der Waals surface area contributed by atoms with Crippen LogP contribution < -0.4 is 4.74 Å². The van der Waals surface area contributed by atoms with Crippen LogP contribution in [0.2, 0.25) is 0 Å². The van der Waals surface area contributed by atoms with Crippen LogP contribution in [0, 0.1) is 6.92 Å². The van der Waals surface area contributed by atoms with Gasteiger partial charge in [-0.3, -0.25) is 4.79 Å². The summed E-state index contributed by atoms with van der Waals surface area (Å²) in [6.45, 7) is 3.56. The molecular weight excluding hydrogens is 294 g/mol. The molecular formula is C17H21N3O3. The Kier molecular flexibility index (Phi) is 4.62. The molecule has 1 amide bonds. The molecule has 1 aliphatic rings. The molecule has 0 aliphatic carbocycles. The van der Waals surface area contributed by atoms with Gasteiger partial charge in [0.15, 0.2) is 0 Å². The van der Waals surface area contributed by atoms with E-state index in [0.29, 0.717) is 26.2 Å². The summed E-state index contributed by atoms with van der Waals surface area (Å²) in [5.74, 6) is 1.65. The molecule has 122 valence electrons. The van der Waals surface area contributed by atoms with Crippen molar-refractivity contribution in [3.8, 4) is 5.75 Å². The van der Waals surface area contributed by atoms with Gasteiger partial charge in [-0.1, -0.05) is 12.1 Å². The van der Waals surface area contributed by atoms with Crippen molar-refractivity contribution < 1.29 is 14.3 Å². The lowest BCUT2D eigenvalue weighted by atomic mass is 10.1. The van der Waals surface area contributed by atoms with Crippen molar-refractivity contribution in [3.05, 3.63) is 47.5 Å². The maximum atomic E-state index is 12.7. The summed E-state index contributed by atoms with van der Waals surface area (Å²) < 4.78 is 10.7. The first-order valence-electron chi connectivity index (χ1n) is 7.69. The number of nitrogens with one attached hydrogen (secondary N) is 1. The molecule has 6 nitrogen and oxygen atoms in total. The maximum absolute atomic E-state index is 12.7. The Hall–Kier alpha value is -2.34. The molecule has 1 fully saturated rings. The average molecular weight is 315 g/mol. The molecule has 0 spiro atoms. The molecule has 0 saturated carbocycles. The molecule has 23 heavy (non-hydrogen) atoms. The zero-order chi connectivity index (χ0) is 16.2. The highest BCUT2D eigenvalue weighted by molar-refractivity contribution is 5.79. The Morgan fingerprint density at radius 3 is 2.87 bits per heavy atom. The molecule has 1 aromatic carbocycles. The second-order valence-corrected chi connectivity index (χ2v) is 5.65. The molecule has 3 rings (SSSR count). The Bertz CT molecular complexity index is 666. The number of ether oxygens (including phenoxy) is 2. The maximum Gasteiger partial charge on any atom is 0.227 e. The highest BCUT2D eigenvalue weighted by Crippen LogP contribution is 2.23. The first-order chi connectivity index (χ1) is 11.2. The molecule has 2 aromatic rings. The van der Waals surface area contributed by atoms with Crippen LogP contribution in [-0.4, -0.2) is 47.6 Å². The van der Waals surface area contributed by atoms with Gasteiger partial charge in [-0.25, -0.2) is 4.98 Å². The van der Waals surface area contributed by atoms with Crippen LogP contribution in [0.25, 0.3) is 0 Å². The van der Waals surface area contributed by atoms with Gasteiger partial charge >= 0.3 is 0 Å². The van der Waals surface area contributed by atoms with E-state index < -0.39 is 0 Å².